The van der Waals surface area contributed by atoms with Crippen molar-refractivity contribution in [3.8, 4) is 5.75 Å². The first kappa shape index (κ1) is 29.0. The van der Waals surface area contributed by atoms with Gasteiger partial charge in [-0.3, -0.25) is 14.7 Å². The number of carbonyl (C=O) groups excluding carboxylic acids is 1. The van der Waals surface area contributed by atoms with Crippen LogP contribution in [0.25, 0.3) is 0 Å². The second-order valence-corrected chi connectivity index (χ2v) is 11.8. The van der Waals surface area contributed by atoms with Crippen LogP contribution in [0.1, 0.15) is 77.1 Å². The van der Waals surface area contributed by atoms with Crippen LogP contribution >= 0.6 is 0 Å². The van der Waals surface area contributed by atoms with Crippen LogP contribution in [0.15, 0.2) is 77.3 Å². The smallest absolute Gasteiger partial charge is 0.422 e. The highest BCUT2D eigenvalue weighted by Crippen LogP contribution is 2.46. The van der Waals surface area contributed by atoms with Crippen LogP contribution in [-0.4, -0.2) is 51.7 Å². The van der Waals surface area contributed by atoms with Gasteiger partial charge < -0.3 is 9.15 Å². The van der Waals surface area contributed by atoms with Gasteiger partial charge in [-0.15, -0.1) is 10.2 Å². The molecule has 3 heterocycles. The summed E-state index contributed by atoms with van der Waals surface area (Å²) in [5.74, 6) is 0.608. The van der Waals surface area contributed by atoms with E-state index in [1.807, 2.05) is 43.3 Å². The molecule has 0 radical (unpaired) electrons. The molecule has 2 fully saturated rings. The van der Waals surface area contributed by atoms with Gasteiger partial charge in [0.15, 0.2) is 12.4 Å². The van der Waals surface area contributed by atoms with Gasteiger partial charge in [-0.25, -0.2) is 0 Å². The number of ketones is 1. The van der Waals surface area contributed by atoms with Crippen molar-refractivity contribution in [3.05, 3.63) is 107 Å². The summed E-state index contributed by atoms with van der Waals surface area (Å²) < 4.78 is 50.0. The number of nitrogens with zero attached hydrogens (tertiary/aromatic N) is 4. The summed E-state index contributed by atoms with van der Waals surface area (Å²) in [5, 5.41) is 8.35. The van der Waals surface area contributed by atoms with Gasteiger partial charge in [0.05, 0.1) is 11.5 Å². The molecule has 0 bridgehead atoms. The molecule has 1 aliphatic heterocycles. The molecule has 1 atom stereocenters. The number of benzene rings is 2. The Morgan fingerprint density at radius 3 is 2.19 bits per heavy atom. The number of rotatable bonds is 11. The summed E-state index contributed by atoms with van der Waals surface area (Å²) in [6.07, 6.45) is -1.28. The van der Waals surface area contributed by atoms with Crippen LogP contribution in [0, 0.1) is 12.8 Å². The number of halogens is 3. The quantitative estimate of drug-likeness (QED) is 0.177. The van der Waals surface area contributed by atoms with Gasteiger partial charge in [0.25, 0.3) is 0 Å². The van der Waals surface area contributed by atoms with Crippen molar-refractivity contribution < 1.29 is 27.1 Å². The molecule has 7 nitrogen and oxygen atoms in total. The maximum atomic E-state index is 13.7. The molecule has 10 heteroatoms. The van der Waals surface area contributed by atoms with E-state index in [0.29, 0.717) is 30.4 Å². The predicted octanol–water partition coefficient (Wildman–Crippen LogP) is 6.84. The summed E-state index contributed by atoms with van der Waals surface area (Å²) in [4.78, 5) is 20.5. The molecular weight excluding hydrogens is 557 g/mol. The molecule has 1 saturated carbocycles. The summed E-state index contributed by atoms with van der Waals surface area (Å²) >= 11 is 0. The molecule has 1 unspecified atom stereocenters. The molecule has 2 aromatic heterocycles. The molecule has 0 N–H and O–H groups in total. The number of pyridine rings is 1. The maximum absolute atomic E-state index is 13.7. The number of Topliss-reactive ketones (excluding diaryl/α,β-unsaturated/α-hetero) is 1. The van der Waals surface area contributed by atoms with Crippen molar-refractivity contribution in [1.82, 2.24) is 20.1 Å². The topological polar surface area (TPSA) is 81.3 Å². The number of carbonyl (C=O) groups is 1. The van der Waals surface area contributed by atoms with Gasteiger partial charge in [0.2, 0.25) is 11.8 Å². The monoisotopic (exact) mass is 590 g/mol. The van der Waals surface area contributed by atoms with Crippen molar-refractivity contribution in [1.29, 1.82) is 0 Å². The number of likely N-dealkylation sites (tertiary alicyclic amines) is 1. The summed E-state index contributed by atoms with van der Waals surface area (Å²) in [6, 6.07) is 22.0. The van der Waals surface area contributed by atoms with Crippen LogP contribution in [0.4, 0.5) is 13.2 Å². The van der Waals surface area contributed by atoms with Crippen LogP contribution < -0.4 is 4.74 Å². The van der Waals surface area contributed by atoms with Crippen LogP contribution in [0.3, 0.4) is 0 Å². The Bertz CT molecular complexity index is 1530. The molecule has 1 aliphatic carbocycles. The lowest BCUT2D eigenvalue weighted by Gasteiger charge is -2.50. The van der Waals surface area contributed by atoms with E-state index in [1.165, 1.54) is 23.4 Å². The first-order valence-corrected chi connectivity index (χ1v) is 14.5. The van der Waals surface area contributed by atoms with Gasteiger partial charge in [-0.2, -0.15) is 13.2 Å². The first-order valence-electron chi connectivity index (χ1n) is 14.5. The van der Waals surface area contributed by atoms with Crippen molar-refractivity contribution >= 4 is 5.78 Å². The molecule has 0 amide bonds. The highest BCUT2D eigenvalue weighted by atomic mass is 19.4. The highest BCUT2D eigenvalue weighted by molar-refractivity contribution is 5.95. The minimum absolute atomic E-state index is 0.00193. The predicted molar refractivity (Wildman–Crippen MR) is 153 cm³/mol. The fraction of sp³-hybridized carbons (Fsp3) is 0.394. The fourth-order valence-corrected chi connectivity index (χ4v) is 5.94. The zero-order valence-corrected chi connectivity index (χ0v) is 24.1. The molecule has 43 heavy (non-hydrogen) atoms. The summed E-state index contributed by atoms with van der Waals surface area (Å²) in [5.41, 5.74) is 2.19. The SMILES string of the molecule is Cc1nnc(C(C)(CC(=O)c2cc(OCC(F)(F)F)c(C3CC3)cn2)C2CN(C(c3ccccc3)c3ccccc3)C2)o1. The largest absolute Gasteiger partial charge is 0.484 e. The van der Waals surface area contributed by atoms with Crippen molar-refractivity contribution in [2.75, 3.05) is 19.7 Å². The Kier molecular flexibility index (Phi) is 7.81. The molecule has 4 aromatic rings. The lowest BCUT2D eigenvalue weighted by Crippen LogP contribution is -2.57. The third kappa shape index (κ3) is 6.34. The Labute approximate surface area is 248 Å². The van der Waals surface area contributed by atoms with E-state index in [0.717, 1.165) is 12.8 Å². The number of alkyl halides is 3. The third-order valence-electron chi connectivity index (χ3n) is 8.54. The molecule has 2 aromatic carbocycles. The number of hydrogen-bond acceptors (Lipinski definition) is 7. The number of aromatic nitrogens is 3. The van der Waals surface area contributed by atoms with E-state index in [9.17, 15) is 18.0 Å². The van der Waals surface area contributed by atoms with Gasteiger partial charge >= 0.3 is 6.18 Å². The summed E-state index contributed by atoms with van der Waals surface area (Å²) in [6.45, 7) is 3.57. The normalized spacial score (nSPS) is 17.4. The van der Waals surface area contributed by atoms with Gasteiger partial charge in [0.1, 0.15) is 11.4 Å². The minimum atomic E-state index is -4.49. The first-order chi connectivity index (χ1) is 20.6. The molecule has 0 spiro atoms. The van der Waals surface area contributed by atoms with Crippen LogP contribution in [0.2, 0.25) is 0 Å². The Morgan fingerprint density at radius 1 is 1.02 bits per heavy atom. The second kappa shape index (κ2) is 11.6. The maximum Gasteiger partial charge on any atom is 0.422 e. The zero-order valence-electron chi connectivity index (χ0n) is 24.1. The fourth-order valence-electron chi connectivity index (χ4n) is 5.94. The van der Waals surface area contributed by atoms with Crippen LogP contribution in [-0.2, 0) is 5.41 Å². The lowest BCUT2D eigenvalue weighted by molar-refractivity contribution is -0.153. The Hall–Kier alpha value is -4.05. The number of ether oxygens (including phenoxy) is 1. The Morgan fingerprint density at radius 2 is 1.65 bits per heavy atom. The van der Waals surface area contributed by atoms with E-state index in [4.69, 9.17) is 9.15 Å². The van der Waals surface area contributed by atoms with Gasteiger partial charge in [0, 0.05) is 44.3 Å². The molecule has 6 rings (SSSR count). The van der Waals surface area contributed by atoms with E-state index in [-0.39, 0.29) is 41.5 Å². The van der Waals surface area contributed by atoms with Crippen molar-refractivity contribution in [2.24, 2.45) is 5.92 Å². The lowest BCUT2D eigenvalue weighted by atomic mass is 9.68. The molecule has 1 saturated heterocycles. The molecular formula is C33H33F3N4O3. The van der Waals surface area contributed by atoms with Crippen molar-refractivity contribution in [2.45, 2.75) is 56.7 Å². The number of hydrogen-bond donors (Lipinski definition) is 0. The van der Waals surface area contributed by atoms with E-state index in [1.54, 1.807) is 6.92 Å². The van der Waals surface area contributed by atoms with E-state index in [2.05, 4.69) is 44.3 Å². The molecule has 2 aliphatic rings. The average molecular weight is 591 g/mol. The minimum Gasteiger partial charge on any atom is -0.484 e. The summed E-state index contributed by atoms with van der Waals surface area (Å²) in [7, 11) is 0. The average Bonchev–Trinajstić information content (AvgIpc) is 3.72. The number of aryl methyl sites for hydroxylation is 1. The second-order valence-electron chi connectivity index (χ2n) is 11.8. The van der Waals surface area contributed by atoms with Crippen molar-refractivity contribution in [3.63, 3.8) is 0 Å². The Balaban J connectivity index is 1.26. The van der Waals surface area contributed by atoms with E-state index >= 15 is 0 Å². The van der Waals surface area contributed by atoms with Crippen LogP contribution in [0.5, 0.6) is 5.75 Å². The third-order valence-corrected chi connectivity index (χ3v) is 8.54. The van der Waals surface area contributed by atoms with Gasteiger partial charge in [-0.1, -0.05) is 60.7 Å². The van der Waals surface area contributed by atoms with E-state index < -0.39 is 18.2 Å². The zero-order chi connectivity index (χ0) is 30.2. The van der Waals surface area contributed by atoms with Gasteiger partial charge in [-0.05, 0) is 42.7 Å². The standard InChI is InChI=1S/C33H33F3N4O3/c1-21-38-39-31(43-21)32(2,16-28(41)27-15-29(42-20-33(34,35)36)26(17-37-27)22-13-14-22)25-18-40(19-25)30(23-9-5-3-6-10-23)24-11-7-4-8-12-24/h3-12,15,17,22,25,30H,13-14,16,18-20H2,1-2H3. The highest BCUT2D eigenvalue weighted by Gasteiger charge is 2.50. The molecule has 224 valence electrons.